The zero-order valence-corrected chi connectivity index (χ0v) is 20.5. The predicted molar refractivity (Wildman–Crippen MR) is 135 cm³/mol. The Morgan fingerprint density at radius 3 is 2.50 bits per heavy atom. The number of hydrogen-bond donors (Lipinski definition) is 1. The number of ether oxygens (including phenoxy) is 1. The van der Waals surface area contributed by atoms with Crippen LogP contribution in [-0.4, -0.2) is 34.1 Å². The van der Waals surface area contributed by atoms with Gasteiger partial charge in [-0.05, 0) is 68.4 Å². The number of anilines is 1. The lowest BCUT2D eigenvalue weighted by Crippen LogP contribution is -2.39. The average Bonchev–Trinajstić information content (AvgIpc) is 2.86. The summed E-state index contributed by atoms with van der Waals surface area (Å²) in [6, 6.07) is 13.2. The van der Waals surface area contributed by atoms with Crippen LogP contribution >= 0.6 is 11.6 Å². The summed E-state index contributed by atoms with van der Waals surface area (Å²) in [5.41, 5.74) is 0.385. The van der Waals surface area contributed by atoms with E-state index in [0.717, 1.165) is 12.1 Å². The molecule has 36 heavy (non-hydrogen) atoms. The van der Waals surface area contributed by atoms with Crippen molar-refractivity contribution in [2.24, 2.45) is 0 Å². The largest absolute Gasteiger partial charge is 0.497 e. The first-order chi connectivity index (χ1) is 17.2. The highest BCUT2D eigenvalue weighted by Crippen LogP contribution is 2.26. The van der Waals surface area contributed by atoms with Gasteiger partial charge in [0.1, 0.15) is 23.2 Å². The number of urea groups is 1. The van der Waals surface area contributed by atoms with Crippen LogP contribution < -0.4 is 15.6 Å². The first-order valence-corrected chi connectivity index (χ1v) is 11.5. The zero-order valence-electron chi connectivity index (χ0n) is 19.8. The summed E-state index contributed by atoms with van der Waals surface area (Å²) in [5, 5.41) is 3.23. The Bertz CT molecular complexity index is 1490. The van der Waals surface area contributed by atoms with Gasteiger partial charge in [-0.2, -0.15) is 0 Å². The van der Waals surface area contributed by atoms with Crippen molar-refractivity contribution in [3.05, 3.63) is 93.5 Å². The summed E-state index contributed by atoms with van der Waals surface area (Å²) in [7, 11) is 1.54. The van der Waals surface area contributed by atoms with Crippen molar-refractivity contribution in [3.63, 3.8) is 0 Å². The number of rotatable bonds is 6. The maximum Gasteiger partial charge on any atom is 0.322 e. The van der Waals surface area contributed by atoms with Gasteiger partial charge >= 0.3 is 6.03 Å². The van der Waals surface area contributed by atoms with Crippen molar-refractivity contribution in [1.82, 2.24) is 14.5 Å². The van der Waals surface area contributed by atoms with Crippen molar-refractivity contribution < 1.29 is 18.3 Å². The topological polar surface area (TPSA) is 76.5 Å². The number of halogens is 3. The lowest BCUT2D eigenvalue weighted by Gasteiger charge is -2.29. The molecule has 1 N–H and O–H groups in total. The van der Waals surface area contributed by atoms with Gasteiger partial charge in [0.15, 0.2) is 0 Å². The van der Waals surface area contributed by atoms with Crippen LogP contribution in [0.3, 0.4) is 0 Å². The van der Waals surface area contributed by atoms with Gasteiger partial charge in [-0.3, -0.25) is 9.36 Å². The number of carbonyl (C=O) groups excluding carboxylic acids is 1. The van der Waals surface area contributed by atoms with Gasteiger partial charge in [0.05, 0.1) is 35.4 Å². The molecule has 186 valence electrons. The third kappa shape index (κ3) is 4.87. The molecule has 1 unspecified atom stereocenters. The molecule has 0 aliphatic carbocycles. The van der Waals surface area contributed by atoms with Crippen molar-refractivity contribution >= 4 is 34.2 Å². The Kier molecular flexibility index (Phi) is 7.21. The number of amides is 2. The highest BCUT2D eigenvalue weighted by Gasteiger charge is 2.26. The Labute approximate surface area is 210 Å². The fourth-order valence-electron chi connectivity index (χ4n) is 3.95. The molecule has 0 bridgehead atoms. The van der Waals surface area contributed by atoms with Gasteiger partial charge < -0.3 is 15.0 Å². The van der Waals surface area contributed by atoms with Crippen molar-refractivity contribution in [3.8, 4) is 11.4 Å². The first kappa shape index (κ1) is 25.1. The number of nitrogens with one attached hydrogen (secondary N) is 1. The highest BCUT2D eigenvalue weighted by molar-refractivity contribution is 6.31. The quantitative estimate of drug-likeness (QED) is 0.347. The standard InChI is InChI=1S/C26H23ClF2N4O3/c1-4-32(26(35)31-22-12-6-17(28)14-21(22)29)15(2)24-30-23-13-16(27)5-11-20(23)25(34)33(24)18-7-9-19(36-3)10-8-18/h5-15H,4H2,1-3H3,(H,31,35). The second kappa shape index (κ2) is 10.3. The minimum Gasteiger partial charge on any atom is -0.497 e. The van der Waals surface area contributed by atoms with Gasteiger partial charge in [0.2, 0.25) is 0 Å². The molecular formula is C26H23ClF2N4O3. The Balaban J connectivity index is 1.82. The smallest absolute Gasteiger partial charge is 0.322 e. The molecule has 0 saturated heterocycles. The van der Waals surface area contributed by atoms with E-state index in [2.05, 4.69) is 5.32 Å². The van der Waals surface area contributed by atoms with Crippen LogP contribution in [0.2, 0.25) is 5.02 Å². The van der Waals surface area contributed by atoms with Crippen LogP contribution in [-0.2, 0) is 0 Å². The molecule has 3 aromatic carbocycles. The van der Waals surface area contributed by atoms with Crippen LogP contribution in [0.15, 0.2) is 65.5 Å². The summed E-state index contributed by atoms with van der Waals surface area (Å²) in [6.07, 6.45) is 0. The number of aromatic nitrogens is 2. The Morgan fingerprint density at radius 2 is 1.86 bits per heavy atom. The fraction of sp³-hybridized carbons (Fsp3) is 0.192. The third-order valence-electron chi connectivity index (χ3n) is 5.80. The number of carbonyl (C=O) groups is 1. The molecule has 0 saturated carbocycles. The molecule has 0 spiro atoms. The van der Waals surface area contributed by atoms with Gasteiger partial charge in [0, 0.05) is 17.6 Å². The molecule has 0 aliphatic heterocycles. The number of benzene rings is 3. The van der Waals surface area contributed by atoms with Gasteiger partial charge in [-0.15, -0.1) is 0 Å². The number of fused-ring (bicyclic) bond motifs is 1. The lowest BCUT2D eigenvalue weighted by molar-refractivity contribution is 0.193. The first-order valence-electron chi connectivity index (χ1n) is 11.1. The third-order valence-corrected chi connectivity index (χ3v) is 6.04. The summed E-state index contributed by atoms with van der Waals surface area (Å²) < 4.78 is 34.1. The molecule has 1 heterocycles. The second-order valence-electron chi connectivity index (χ2n) is 7.99. The lowest BCUT2D eigenvalue weighted by atomic mass is 10.2. The molecule has 4 rings (SSSR count). The van der Waals surface area contributed by atoms with E-state index in [0.29, 0.717) is 33.4 Å². The molecule has 0 aliphatic rings. The molecule has 1 aromatic heterocycles. The van der Waals surface area contributed by atoms with E-state index in [1.807, 2.05) is 0 Å². The van der Waals surface area contributed by atoms with E-state index < -0.39 is 23.7 Å². The molecule has 0 radical (unpaired) electrons. The predicted octanol–water partition coefficient (Wildman–Crippen LogP) is 5.94. The van der Waals surface area contributed by atoms with Crippen molar-refractivity contribution in [1.29, 1.82) is 0 Å². The van der Waals surface area contributed by atoms with Crippen LogP contribution in [0.5, 0.6) is 5.75 Å². The number of hydrogen-bond acceptors (Lipinski definition) is 4. The van der Waals surface area contributed by atoms with E-state index >= 15 is 0 Å². The molecular weight excluding hydrogens is 490 g/mol. The van der Waals surface area contributed by atoms with Crippen LogP contribution in [0.1, 0.15) is 25.7 Å². The molecule has 7 nitrogen and oxygen atoms in total. The SMILES string of the molecule is CCN(C(=O)Nc1ccc(F)cc1F)C(C)c1nc2cc(Cl)ccc2c(=O)n1-c1ccc(OC)cc1. The van der Waals surface area contributed by atoms with E-state index in [4.69, 9.17) is 21.3 Å². The number of methoxy groups -OCH3 is 1. The summed E-state index contributed by atoms with van der Waals surface area (Å²) in [6.45, 7) is 3.66. The Morgan fingerprint density at radius 1 is 1.14 bits per heavy atom. The second-order valence-corrected chi connectivity index (χ2v) is 8.42. The van der Waals surface area contributed by atoms with Gasteiger partial charge in [-0.25, -0.2) is 18.6 Å². The number of nitrogens with zero attached hydrogens (tertiary/aromatic N) is 3. The summed E-state index contributed by atoms with van der Waals surface area (Å²) >= 11 is 6.15. The maximum absolute atomic E-state index is 14.2. The molecule has 2 amide bonds. The normalized spacial score (nSPS) is 11.8. The van der Waals surface area contributed by atoms with Gasteiger partial charge in [0.25, 0.3) is 5.56 Å². The molecule has 1 atom stereocenters. The van der Waals surface area contributed by atoms with Crippen molar-refractivity contribution in [2.45, 2.75) is 19.9 Å². The summed E-state index contributed by atoms with van der Waals surface area (Å²) in [5.74, 6) is -0.774. The van der Waals surface area contributed by atoms with Crippen molar-refractivity contribution in [2.75, 3.05) is 19.0 Å². The highest BCUT2D eigenvalue weighted by atomic mass is 35.5. The average molecular weight is 513 g/mol. The molecule has 4 aromatic rings. The van der Waals surface area contributed by atoms with E-state index in [1.54, 1.807) is 56.3 Å². The van der Waals surface area contributed by atoms with Crippen LogP contribution in [0.25, 0.3) is 16.6 Å². The maximum atomic E-state index is 14.2. The van der Waals surface area contributed by atoms with E-state index in [-0.39, 0.29) is 23.6 Å². The van der Waals surface area contributed by atoms with E-state index in [9.17, 15) is 18.4 Å². The minimum atomic E-state index is -0.902. The monoisotopic (exact) mass is 512 g/mol. The summed E-state index contributed by atoms with van der Waals surface area (Å²) in [4.78, 5) is 32.8. The van der Waals surface area contributed by atoms with Gasteiger partial charge in [-0.1, -0.05) is 11.6 Å². The zero-order chi connectivity index (χ0) is 26.0. The van der Waals surface area contributed by atoms with E-state index in [1.165, 1.54) is 16.6 Å². The Hall–Kier alpha value is -3.98. The minimum absolute atomic E-state index is 0.169. The van der Waals surface area contributed by atoms with Crippen LogP contribution in [0, 0.1) is 11.6 Å². The molecule has 0 fully saturated rings. The fourth-order valence-corrected chi connectivity index (χ4v) is 4.11. The molecule has 10 heteroatoms. The van der Waals surface area contributed by atoms with Crippen LogP contribution in [0.4, 0.5) is 19.3 Å².